The van der Waals surface area contributed by atoms with Gasteiger partial charge in [-0.1, -0.05) is 365 Å². The van der Waals surface area contributed by atoms with Gasteiger partial charge in [0.15, 0.2) is 6.29 Å². The predicted molar refractivity (Wildman–Crippen MR) is 385 cm³/mol. The number of rotatable bonds is 71. The molecule has 0 aromatic rings. The molecule has 0 radical (unpaired) electrons. The van der Waals surface area contributed by atoms with Crippen molar-refractivity contribution in [2.24, 2.45) is 0 Å². The molecule has 1 heterocycles. The van der Waals surface area contributed by atoms with Crippen LogP contribution in [0.5, 0.6) is 0 Å². The Morgan fingerprint density at radius 3 is 1.01 bits per heavy atom. The van der Waals surface area contributed by atoms with Crippen molar-refractivity contribution < 1.29 is 50.0 Å². The fourth-order valence-corrected chi connectivity index (χ4v) is 13.1. The van der Waals surface area contributed by atoms with Gasteiger partial charge in [-0.3, -0.25) is 4.79 Å². The lowest BCUT2D eigenvalue weighted by molar-refractivity contribution is -0.303. The van der Waals surface area contributed by atoms with Gasteiger partial charge in [0.25, 0.3) is 0 Å². The molecule has 11 nitrogen and oxygen atoms in total. The highest BCUT2D eigenvalue weighted by Gasteiger charge is 2.44. The lowest BCUT2D eigenvalue weighted by atomic mass is 9.98. The fourth-order valence-electron chi connectivity index (χ4n) is 13.1. The summed E-state index contributed by atoms with van der Waals surface area (Å²) in [5.41, 5.74) is 0. The molecule has 1 rings (SSSR count). The molecule has 0 aromatic heterocycles. The third kappa shape index (κ3) is 55.1. The van der Waals surface area contributed by atoms with E-state index >= 15 is 0 Å². The number of hydrogen-bond donors (Lipinski definition) is 8. The summed E-state index contributed by atoms with van der Waals surface area (Å²) in [6.07, 6.45) is 78.3. The van der Waals surface area contributed by atoms with Crippen LogP contribution in [0.2, 0.25) is 0 Å². The predicted octanol–water partition coefficient (Wildman–Crippen LogP) is 20.5. The monoisotopic (exact) mass is 1290 g/mol. The maximum Gasteiger partial charge on any atom is 0.249 e. The summed E-state index contributed by atoms with van der Waals surface area (Å²) in [5, 5.41) is 76.7. The van der Waals surface area contributed by atoms with E-state index in [4.69, 9.17) is 9.47 Å². The highest BCUT2D eigenvalue weighted by atomic mass is 16.7. The highest BCUT2D eigenvalue weighted by Crippen LogP contribution is 2.24. The van der Waals surface area contributed by atoms with E-state index in [1.54, 1.807) is 0 Å². The van der Waals surface area contributed by atoms with Crippen LogP contribution < -0.4 is 5.32 Å². The van der Waals surface area contributed by atoms with Crippen LogP contribution in [0.15, 0.2) is 36.5 Å². The van der Waals surface area contributed by atoms with Gasteiger partial charge in [0.05, 0.1) is 25.4 Å². The van der Waals surface area contributed by atoms with Crippen LogP contribution >= 0.6 is 0 Å². The van der Waals surface area contributed by atoms with Gasteiger partial charge in [0, 0.05) is 0 Å². The third-order valence-corrected chi connectivity index (χ3v) is 19.4. The first-order valence-corrected chi connectivity index (χ1v) is 39.9. The molecule has 11 heteroatoms. The number of allylic oxidation sites excluding steroid dienone is 6. The number of amides is 1. The summed E-state index contributed by atoms with van der Waals surface area (Å²) in [6, 6.07) is -1.19. The van der Waals surface area contributed by atoms with Crippen molar-refractivity contribution in [2.45, 2.75) is 454 Å². The smallest absolute Gasteiger partial charge is 0.249 e. The normalized spacial score (nSPS) is 18.5. The Kier molecular flexibility index (Phi) is 65.5. The van der Waals surface area contributed by atoms with E-state index in [0.717, 1.165) is 44.9 Å². The van der Waals surface area contributed by atoms with Crippen molar-refractivity contribution in [2.75, 3.05) is 13.2 Å². The Hall–Kier alpha value is -1.67. The molecule has 0 saturated carbocycles. The Balaban J connectivity index is 2.15. The molecule has 1 saturated heterocycles. The standard InChI is InChI=1S/C80H153NO10/c1-3-5-7-9-11-13-15-17-19-21-23-25-27-29-31-33-35-36-37-38-40-42-44-46-48-50-52-54-56-58-60-62-64-66-68-73(84)79(89)81-71(70-90-80-78(88)77(87)76(86)74(69-82)91-80)75(85)72(83)67-65-63-61-59-57-55-53-51-49-47-45-43-41-39-34-32-30-28-26-24-22-20-18-16-14-12-10-8-6-4-2/h27,29,33,35,59,61,71-78,80,82-88H,3-26,28,30-32,34,36-58,60,62-70H2,1-2H3,(H,81,89)/b29-27-,35-33-,61-59+. The van der Waals surface area contributed by atoms with Crippen molar-refractivity contribution in [3.8, 4) is 0 Å². The van der Waals surface area contributed by atoms with Gasteiger partial charge in [0.2, 0.25) is 5.91 Å². The number of carbonyl (C=O) groups excluding carboxylic acids is 1. The van der Waals surface area contributed by atoms with E-state index in [-0.39, 0.29) is 12.8 Å². The lowest BCUT2D eigenvalue weighted by Crippen LogP contribution is -2.60. The van der Waals surface area contributed by atoms with Crippen molar-refractivity contribution in [3.05, 3.63) is 36.5 Å². The van der Waals surface area contributed by atoms with Gasteiger partial charge in [-0.05, 0) is 70.6 Å². The molecule has 1 fully saturated rings. The minimum atomic E-state index is -1.67. The molecular formula is C80H153NO10. The number of hydrogen-bond acceptors (Lipinski definition) is 10. The number of ether oxygens (including phenoxy) is 2. The van der Waals surface area contributed by atoms with E-state index < -0.39 is 74.2 Å². The zero-order valence-electron chi connectivity index (χ0n) is 59.9. The SMILES string of the molecule is CCCCCCCCCCCCC/C=C\C/C=C\CCCCCCCCCCCCCCCCCCC(O)C(=O)NC(COC1OC(CO)C(O)C(O)C1O)C(O)C(O)CCC/C=C/CCCCCCCCCCCCCCCCCCCCCCCCCCC. The molecule has 8 N–H and O–H groups in total. The molecule has 0 aliphatic carbocycles. The van der Waals surface area contributed by atoms with Gasteiger partial charge < -0.3 is 50.5 Å². The van der Waals surface area contributed by atoms with Crippen LogP contribution in [-0.2, 0) is 14.3 Å². The van der Waals surface area contributed by atoms with Crippen LogP contribution in [0.3, 0.4) is 0 Å². The van der Waals surface area contributed by atoms with Crippen molar-refractivity contribution in [1.82, 2.24) is 5.32 Å². The summed E-state index contributed by atoms with van der Waals surface area (Å²) < 4.78 is 11.2. The number of aliphatic hydroxyl groups excluding tert-OH is 7. The Morgan fingerprint density at radius 2 is 0.681 bits per heavy atom. The average Bonchev–Trinajstić information content (AvgIpc) is 1.05. The first kappa shape index (κ1) is 87.3. The number of aliphatic hydroxyl groups is 7. The van der Waals surface area contributed by atoms with Crippen LogP contribution in [0.4, 0.5) is 0 Å². The zero-order chi connectivity index (χ0) is 66.0. The number of unbranched alkanes of at least 4 members (excludes halogenated alkanes) is 53. The second-order valence-corrected chi connectivity index (χ2v) is 28.1. The molecule has 9 unspecified atom stereocenters. The van der Waals surface area contributed by atoms with Gasteiger partial charge in [0.1, 0.15) is 36.6 Å². The Labute approximate surface area is 562 Å². The molecule has 1 aliphatic rings. The maximum absolute atomic E-state index is 13.3. The van der Waals surface area contributed by atoms with Gasteiger partial charge in [-0.15, -0.1) is 0 Å². The second kappa shape index (κ2) is 68.3. The summed E-state index contributed by atoms with van der Waals surface area (Å²) in [5.74, 6) is -0.700. The van der Waals surface area contributed by atoms with Gasteiger partial charge in [-0.25, -0.2) is 0 Å². The first-order chi connectivity index (χ1) is 44.7. The Bertz CT molecular complexity index is 1580. The molecule has 538 valence electrons. The van der Waals surface area contributed by atoms with Crippen molar-refractivity contribution in [1.29, 1.82) is 0 Å². The zero-order valence-corrected chi connectivity index (χ0v) is 59.9. The molecule has 0 aromatic carbocycles. The Morgan fingerprint density at radius 1 is 0.385 bits per heavy atom. The number of nitrogens with one attached hydrogen (secondary N) is 1. The van der Waals surface area contributed by atoms with Crippen molar-refractivity contribution >= 4 is 5.91 Å². The minimum Gasteiger partial charge on any atom is -0.394 e. The fraction of sp³-hybridized carbons (Fsp3) is 0.912. The minimum absolute atomic E-state index is 0.256. The van der Waals surface area contributed by atoms with Crippen LogP contribution in [0.25, 0.3) is 0 Å². The first-order valence-electron chi connectivity index (χ1n) is 39.9. The molecule has 1 aliphatic heterocycles. The molecule has 91 heavy (non-hydrogen) atoms. The summed E-state index contributed by atoms with van der Waals surface area (Å²) >= 11 is 0. The molecular weight excluding hydrogens is 1130 g/mol. The molecule has 9 atom stereocenters. The van der Waals surface area contributed by atoms with E-state index in [1.807, 2.05) is 0 Å². The molecule has 0 spiro atoms. The van der Waals surface area contributed by atoms with Crippen LogP contribution in [0, 0.1) is 0 Å². The molecule has 0 bridgehead atoms. The van der Waals surface area contributed by atoms with Gasteiger partial charge >= 0.3 is 0 Å². The average molecular weight is 1290 g/mol. The van der Waals surface area contributed by atoms with E-state index in [9.17, 15) is 40.5 Å². The summed E-state index contributed by atoms with van der Waals surface area (Å²) in [6.45, 7) is 3.51. The largest absolute Gasteiger partial charge is 0.394 e. The third-order valence-electron chi connectivity index (χ3n) is 19.4. The number of carbonyl (C=O) groups is 1. The maximum atomic E-state index is 13.3. The van der Waals surface area contributed by atoms with E-state index in [2.05, 4.69) is 55.6 Å². The second-order valence-electron chi connectivity index (χ2n) is 28.1. The van der Waals surface area contributed by atoms with Gasteiger partial charge in [-0.2, -0.15) is 0 Å². The van der Waals surface area contributed by atoms with Crippen LogP contribution in [0.1, 0.15) is 399 Å². The lowest BCUT2D eigenvalue weighted by Gasteiger charge is -2.40. The van der Waals surface area contributed by atoms with Crippen LogP contribution in [-0.4, -0.2) is 110 Å². The summed E-state index contributed by atoms with van der Waals surface area (Å²) in [4.78, 5) is 13.3. The van der Waals surface area contributed by atoms with Crippen molar-refractivity contribution in [3.63, 3.8) is 0 Å². The topological polar surface area (TPSA) is 189 Å². The molecule has 1 amide bonds. The summed E-state index contributed by atoms with van der Waals surface area (Å²) in [7, 11) is 0. The van der Waals surface area contributed by atoms with E-state index in [0.29, 0.717) is 12.8 Å². The highest BCUT2D eigenvalue weighted by molar-refractivity contribution is 5.80. The quantitative estimate of drug-likeness (QED) is 0.0215. The van der Waals surface area contributed by atoms with E-state index in [1.165, 1.54) is 315 Å².